The van der Waals surface area contributed by atoms with E-state index in [1.807, 2.05) is 30.3 Å². The summed E-state index contributed by atoms with van der Waals surface area (Å²) in [6.45, 7) is 4.03. The summed E-state index contributed by atoms with van der Waals surface area (Å²) in [4.78, 5) is 12.0. The molecule has 30 heavy (non-hydrogen) atoms. The molecule has 0 N–H and O–H groups in total. The van der Waals surface area contributed by atoms with Crippen molar-refractivity contribution in [3.8, 4) is 5.75 Å². The van der Waals surface area contributed by atoms with Gasteiger partial charge in [-0.25, -0.2) is 21.1 Å². The van der Waals surface area contributed by atoms with Crippen molar-refractivity contribution in [3.63, 3.8) is 0 Å². The van der Waals surface area contributed by atoms with E-state index in [0.717, 1.165) is 5.56 Å². The number of hydrogen-bond acceptors (Lipinski definition) is 6. The molecule has 1 fully saturated rings. The summed E-state index contributed by atoms with van der Waals surface area (Å²) in [5.74, 6) is -0.771. The number of sulfonamides is 2. The Labute approximate surface area is 177 Å². The van der Waals surface area contributed by atoms with Crippen LogP contribution in [0.1, 0.15) is 25.8 Å². The van der Waals surface area contributed by atoms with Crippen LogP contribution in [0.3, 0.4) is 0 Å². The first-order chi connectivity index (χ1) is 14.2. The van der Waals surface area contributed by atoms with E-state index in [9.17, 15) is 21.6 Å². The van der Waals surface area contributed by atoms with Gasteiger partial charge in [-0.3, -0.25) is 4.79 Å². The SMILES string of the molecule is CCOc1ccc(N2C(=O)CCS2(=O)=O)cc1S(=O)(=O)N(CC)Cc1ccccc1. The van der Waals surface area contributed by atoms with Gasteiger partial charge in [0, 0.05) is 19.5 Å². The highest BCUT2D eigenvalue weighted by molar-refractivity contribution is 7.94. The second-order valence-corrected chi connectivity index (χ2v) is 10.5. The third kappa shape index (κ3) is 4.35. The van der Waals surface area contributed by atoms with Gasteiger partial charge in [0.25, 0.3) is 0 Å². The maximum absolute atomic E-state index is 13.5. The molecule has 2 aromatic carbocycles. The van der Waals surface area contributed by atoms with Crippen molar-refractivity contribution >= 4 is 31.6 Å². The van der Waals surface area contributed by atoms with Gasteiger partial charge in [-0.05, 0) is 30.7 Å². The van der Waals surface area contributed by atoms with E-state index in [1.54, 1.807) is 13.8 Å². The fourth-order valence-corrected chi connectivity index (χ4v) is 6.30. The van der Waals surface area contributed by atoms with E-state index in [1.165, 1.54) is 22.5 Å². The molecule has 3 rings (SSSR count). The number of amides is 1. The van der Waals surface area contributed by atoms with Crippen LogP contribution in [0.4, 0.5) is 5.69 Å². The van der Waals surface area contributed by atoms with Gasteiger partial charge in [0.2, 0.25) is 26.0 Å². The Bertz CT molecular complexity index is 1130. The van der Waals surface area contributed by atoms with Crippen molar-refractivity contribution in [1.82, 2.24) is 4.31 Å². The van der Waals surface area contributed by atoms with Crippen molar-refractivity contribution < 1.29 is 26.4 Å². The minimum atomic E-state index is -4.03. The van der Waals surface area contributed by atoms with Crippen molar-refractivity contribution in [3.05, 3.63) is 54.1 Å². The first-order valence-electron chi connectivity index (χ1n) is 9.57. The monoisotopic (exact) mass is 452 g/mol. The molecular weight excluding hydrogens is 428 g/mol. The van der Waals surface area contributed by atoms with Crippen molar-refractivity contribution in [2.75, 3.05) is 23.2 Å². The highest BCUT2D eigenvalue weighted by Crippen LogP contribution is 2.34. The van der Waals surface area contributed by atoms with Crippen LogP contribution in [0.25, 0.3) is 0 Å². The molecule has 0 spiro atoms. The molecule has 1 heterocycles. The minimum absolute atomic E-state index is 0.00436. The van der Waals surface area contributed by atoms with Crippen LogP contribution in [0.2, 0.25) is 0 Å². The number of carbonyl (C=O) groups excluding carboxylic acids is 1. The molecular formula is C20H24N2O6S2. The van der Waals surface area contributed by atoms with Crippen LogP contribution >= 0.6 is 0 Å². The molecule has 0 aliphatic carbocycles. The first kappa shape index (κ1) is 22.3. The van der Waals surface area contributed by atoms with E-state index < -0.39 is 26.0 Å². The number of anilines is 1. The third-order valence-corrected chi connectivity index (χ3v) is 8.35. The Morgan fingerprint density at radius 2 is 1.80 bits per heavy atom. The lowest BCUT2D eigenvalue weighted by Crippen LogP contribution is -2.32. The Kier molecular flexibility index (Phi) is 6.49. The van der Waals surface area contributed by atoms with Gasteiger partial charge >= 0.3 is 0 Å². The van der Waals surface area contributed by atoms with Crippen LogP contribution in [-0.4, -0.2) is 46.0 Å². The summed E-state index contributed by atoms with van der Waals surface area (Å²) in [5.41, 5.74) is 0.810. The predicted octanol–water partition coefficient (Wildman–Crippen LogP) is 2.36. The van der Waals surface area contributed by atoms with Gasteiger partial charge in [0.05, 0.1) is 18.0 Å². The molecule has 8 nitrogen and oxygen atoms in total. The number of carbonyl (C=O) groups is 1. The van der Waals surface area contributed by atoms with Gasteiger partial charge in [-0.15, -0.1) is 0 Å². The van der Waals surface area contributed by atoms with E-state index in [2.05, 4.69) is 0 Å². The van der Waals surface area contributed by atoms with E-state index in [0.29, 0.717) is 4.31 Å². The quantitative estimate of drug-likeness (QED) is 0.609. The van der Waals surface area contributed by atoms with E-state index in [4.69, 9.17) is 4.74 Å². The van der Waals surface area contributed by atoms with Crippen molar-refractivity contribution in [2.45, 2.75) is 31.7 Å². The van der Waals surface area contributed by atoms with E-state index in [-0.39, 0.29) is 48.2 Å². The van der Waals surface area contributed by atoms with E-state index >= 15 is 0 Å². The second kappa shape index (κ2) is 8.75. The van der Waals surface area contributed by atoms with Gasteiger partial charge in [-0.1, -0.05) is 37.3 Å². The average molecular weight is 453 g/mol. The lowest BCUT2D eigenvalue weighted by molar-refractivity contribution is -0.116. The van der Waals surface area contributed by atoms with Crippen LogP contribution in [0.5, 0.6) is 5.75 Å². The second-order valence-electron chi connectivity index (χ2n) is 6.71. The lowest BCUT2D eigenvalue weighted by atomic mass is 10.2. The predicted molar refractivity (Wildman–Crippen MR) is 113 cm³/mol. The number of nitrogens with zero attached hydrogens (tertiary/aromatic N) is 2. The molecule has 10 heteroatoms. The molecule has 0 bridgehead atoms. The Morgan fingerprint density at radius 3 is 2.37 bits per heavy atom. The molecule has 1 saturated heterocycles. The fraction of sp³-hybridized carbons (Fsp3) is 0.350. The molecule has 1 aliphatic rings. The molecule has 2 aromatic rings. The lowest BCUT2D eigenvalue weighted by Gasteiger charge is -2.23. The largest absolute Gasteiger partial charge is 0.492 e. The summed E-state index contributed by atoms with van der Waals surface area (Å²) in [6.07, 6.45) is -0.132. The fourth-order valence-electron chi connectivity index (χ4n) is 3.26. The number of hydrogen-bond donors (Lipinski definition) is 0. The van der Waals surface area contributed by atoms with Crippen molar-refractivity contribution in [2.24, 2.45) is 0 Å². The Morgan fingerprint density at radius 1 is 1.10 bits per heavy atom. The molecule has 0 radical (unpaired) electrons. The van der Waals surface area contributed by atoms with Crippen LogP contribution in [0, 0.1) is 0 Å². The Balaban J connectivity index is 2.08. The molecule has 0 saturated carbocycles. The summed E-state index contributed by atoms with van der Waals surface area (Å²) in [7, 11) is -7.85. The summed E-state index contributed by atoms with van der Waals surface area (Å²) < 4.78 is 59.0. The van der Waals surface area contributed by atoms with Crippen molar-refractivity contribution in [1.29, 1.82) is 0 Å². The topological polar surface area (TPSA) is 101 Å². The zero-order valence-electron chi connectivity index (χ0n) is 16.8. The van der Waals surface area contributed by atoms with Gasteiger partial charge in [-0.2, -0.15) is 4.31 Å². The molecule has 0 aromatic heterocycles. The molecule has 0 unspecified atom stereocenters. The maximum Gasteiger partial charge on any atom is 0.247 e. The molecule has 0 atom stereocenters. The van der Waals surface area contributed by atoms with Gasteiger partial charge in [0.1, 0.15) is 10.6 Å². The van der Waals surface area contributed by atoms with Crippen LogP contribution < -0.4 is 9.04 Å². The molecule has 162 valence electrons. The first-order valence-corrected chi connectivity index (χ1v) is 12.6. The van der Waals surface area contributed by atoms with Gasteiger partial charge < -0.3 is 4.74 Å². The standard InChI is InChI=1S/C20H24N2O6S2/c1-3-21(15-16-8-6-5-7-9-16)30(26,27)19-14-17(10-11-18(19)28-4-2)22-20(23)12-13-29(22,24)25/h5-11,14H,3-4,12-13,15H2,1-2H3. The third-order valence-electron chi connectivity index (χ3n) is 4.71. The van der Waals surface area contributed by atoms with Crippen LogP contribution in [-0.2, 0) is 31.4 Å². The number of benzene rings is 2. The highest BCUT2D eigenvalue weighted by Gasteiger charge is 2.37. The summed E-state index contributed by atoms with van der Waals surface area (Å²) >= 11 is 0. The summed E-state index contributed by atoms with van der Waals surface area (Å²) in [5, 5.41) is 0. The van der Waals surface area contributed by atoms with Gasteiger partial charge in [0.15, 0.2) is 0 Å². The normalized spacial score (nSPS) is 16.2. The molecule has 1 amide bonds. The zero-order valence-corrected chi connectivity index (χ0v) is 18.4. The minimum Gasteiger partial charge on any atom is -0.492 e. The highest BCUT2D eigenvalue weighted by atomic mass is 32.2. The smallest absolute Gasteiger partial charge is 0.247 e. The maximum atomic E-state index is 13.5. The summed E-state index contributed by atoms with van der Waals surface area (Å²) in [6, 6.07) is 13.1. The molecule has 1 aliphatic heterocycles. The number of rotatable bonds is 8. The zero-order chi connectivity index (χ0) is 21.9. The average Bonchev–Trinajstić information content (AvgIpc) is 2.99. The Hall–Kier alpha value is -2.43. The number of ether oxygens (including phenoxy) is 1. The van der Waals surface area contributed by atoms with Crippen LogP contribution in [0.15, 0.2) is 53.4 Å².